The van der Waals surface area contributed by atoms with Crippen LogP contribution in [0.5, 0.6) is 0 Å². The fourth-order valence-electron chi connectivity index (χ4n) is 3.26. The Morgan fingerprint density at radius 1 is 0.871 bits per heavy atom. The average molecular weight is 416 g/mol. The number of hydrogen-bond acceptors (Lipinski definition) is 4. The maximum absolute atomic E-state index is 13.3. The molecule has 3 aromatic carbocycles. The van der Waals surface area contributed by atoms with Crippen LogP contribution < -0.4 is 15.6 Å². The second kappa shape index (κ2) is 8.79. The van der Waals surface area contributed by atoms with Gasteiger partial charge in [0, 0.05) is 41.2 Å². The molecule has 2 amide bonds. The summed E-state index contributed by atoms with van der Waals surface area (Å²) in [6.07, 6.45) is 0.936. The Hall–Kier alpha value is -4.00. The van der Waals surface area contributed by atoms with Gasteiger partial charge in [-0.2, -0.15) is 5.10 Å². The van der Waals surface area contributed by atoms with Crippen LogP contribution in [-0.4, -0.2) is 24.1 Å². The predicted octanol–water partition coefficient (Wildman–Crippen LogP) is 4.92. The monoisotopic (exact) mass is 416 g/mol. The highest BCUT2D eigenvalue weighted by molar-refractivity contribution is 6.07. The van der Waals surface area contributed by atoms with E-state index in [1.807, 2.05) is 24.1 Å². The Morgan fingerprint density at radius 2 is 1.52 bits per heavy atom. The largest absolute Gasteiger partial charge is 0.322 e. The highest BCUT2D eigenvalue weighted by Crippen LogP contribution is 2.21. The molecule has 31 heavy (non-hydrogen) atoms. The van der Waals surface area contributed by atoms with Gasteiger partial charge in [-0.05, 0) is 67.6 Å². The number of benzene rings is 3. The number of nitrogens with zero attached hydrogens (tertiary/aromatic N) is 2. The standard InChI is InChI=1S/C24H21FN4O2/c1-16-12-13-29(28-16)22-10-8-17(9-11-22)23(30)26-20-6-2-4-18(14-20)24(31)27-21-7-3-5-19(25)15-21/h2-11,14-15H,12-13H2,1H3,(H,26,30)(H,27,31). The molecule has 0 unspecified atom stereocenters. The van der Waals surface area contributed by atoms with Gasteiger partial charge in [0.1, 0.15) is 5.82 Å². The van der Waals surface area contributed by atoms with Crippen LogP contribution >= 0.6 is 0 Å². The van der Waals surface area contributed by atoms with E-state index in [-0.39, 0.29) is 5.91 Å². The number of anilines is 3. The van der Waals surface area contributed by atoms with Crippen LogP contribution in [-0.2, 0) is 0 Å². The maximum Gasteiger partial charge on any atom is 0.255 e. The van der Waals surface area contributed by atoms with Crippen LogP contribution in [0.2, 0.25) is 0 Å². The van der Waals surface area contributed by atoms with Crippen molar-refractivity contribution in [3.8, 4) is 0 Å². The lowest BCUT2D eigenvalue weighted by Crippen LogP contribution is -2.15. The zero-order valence-corrected chi connectivity index (χ0v) is 16.9. The minimum absolute atomic E-state index is 0.282. The Kier molecular flexibility index (Phi) is 5.75. The summed E-state index contributed by atoms with van der Waals surface area (Å²) >= 11 is 0. The molecule has 3 aromatic rings. The molecule has 0 saturated carbocycles. The average Bonchev–Trinajstić information content (AvgIpc) is 3.20. The van der Waals surface area contributed by atoms with Gasteiger partial charge in [-0.25, -0.2) is 4.39 Å². The molecule has 0 bridgehead atoms. The molecule has 1 aliphatic heterocycles. The van der Waals surface area contributed by atoms with Crippen molar-refractivity contribution in [1.82, 2.24) is 0 Å². The first-order valence-electron chi connectivity index (χ1n) is 9.88. The molecule has 0 radical (unpaired) electrons. The third-order valence-electron chi connectivity index (χ3n) is 4.87. The van der Waals surface area contributed by atoms with Gasteiger partial charge in [0.25, 0.3) is 11.8 Å². The van der Waals surface area contributed by atoms with Crippen molar-refractivity contribution in [1.29, 1.82) is 0 Å². The first kappa shape index (κ1) is 20.3. The minimum atomic E-state index is -0.434. The van der Waals surface area contributed by atoms with Crippen LogP contribution in [0.1, 0.15) is 34.1 Å². The molecule has 6 nitrogen and oxygen atoms in total. The van der Waals surface area contributed by atoms with Crippen molar-refractivity contribution >= 4 is 34.6 Å². The summed E-state index contributed by atoms with van der Waals surface area (Å²) in [6.45, 7) is 2.83. The number of hydrogen-bond donors (Lipinski definition) is 2. The molecule has 156 valence electrons. The Balaban J connectivity index is 1.42. The normalized spacial score (nSPS) is 13.0. The van der Waals surface area contributed by atoms with Gasteiger partial charge in [0.05, 0.1) is 5.69 Å². The first-order chi connectivity index (χ1) is 15.0. The van der Waals surface area contributed by atoms with E-state index in [1.165, 1.54) is 18.2 Å². The number of carbonyl (C=O) groups is 2. The van der Waals surface area contributed by atoms with Gasteiger partial charge in [0.2, 0.25) is 0 Å². The zero-order chi connectivity index (χ0) is 21.8. The fraction of sp³-hybridized carbons (Fsp3) is 0.125. The lowest BCUT2D eigenvalue weighted by Gasteiger charge is -2.14. The highest BCUT2D eigenvalue weighted by Gasteiger charge is 2.14. The fourth-order valence-corrected chi connectivity index (χ4v) is 3.26. The first-order valence-corrected chi connectivity index (χ1v) is 9.88. The van der Waals surface area contributed by atoms with Gasteiger partial charge in [-0.1, -0.05) is 12.1 Å². The summed E-state index contributed by atoms with van der Waals surface area (Å²) < 4.78 is 13.3. The van der Waals surface area contributed by atoms with E-state index < -0.39 is 11.7 Å². The van der Waals surface area contributed by atoms with E-state index in [0.717, 1.165) is 24.4 Å². The van der Waals surface area contributed by atoms with E-state index in [9.17, 15) is 14.0 Å². The molecule has 0 atom stereocenters. The van der Waals surface area contributed by atoms with Gasteiger partial charge in [-0.3, -0.25) is 14.6 Å². The minimum Gasteiger partial charge on any atom is -0.322 e. The second-order valence-electron chi connectivity index (χ2n) is 7.25. The van der Waals surface area contributed by atoms with Crippen molar-refractivity contribution in [2.75, 3.05) is 22.2 Å². The number of carbonyl (C=O) groups excluding carboxylic acids is 2. The van der Waals surface area contributed by atoms with Gasteiger partial charge in [-0.15, -0.1) is 0 Å². The van der Waals surface area contributed by atoms with E-state index in [2.05, 4.69) is 15.7 Å². The molecular formula is C24H21FN4O2. The lowest BCUT2D eigenvalue weighted by molar-refractivity contribution is 0.101. The Labute approximate surface area is 179 Å². The van der Waals surface area contributed by atoms with Crippen molar-refractivity contribution < 1.29 is 14.0 Å². The smallest absolute Gasteiger partial charge is 0.255 e. The molecule has 1 heterocycles. The van der Waals surface area contributed by atoms with Crippen molar-refractivity contribution in [3.05, 3.63) is 89.7 Å². The van der Waals surface area contributed by atoms with E-state index in [1.54, 1.807) is 42.5 Å². The van der Waals surface area contributed by atoms with Crippen LogP contribution in [0, 0.1) is 5.82 Å². The van der Waals surface area contributed by atoms with Crippen molar-refractivity contribution in [2.24, 2.45) is 5.10 Å². The zero-order valence-electron chi connectivity index (χ0n) is 16.9. The number of halogens is 1. The molecular weight excluding hydrogens is 395 g/mol. The third-order valence-corrected chi connectivity index (χ3v) is 4.87. The molecule has 0 spiro atoms. The molecule has 0 fully saturated rings. The van der Waals surface area contributed by atoms with Gasteiger partial charge in [0.15, 0.2) is 0 Å². The number of nitrogens with one attached hydrogen (secondary N) is 2. The number of hydrazone groups is 1. The van der Waals surface area contributed by atoms with Crippen molar-refractivity contribution in [3.63, 3.8) is 0 Å². The summed E-state index contributed by atoms with van der Waals surface area (Å²) in [7, 11) is 0. The molecule has 4 rings (SSSR count). The summed E-state index contributed by atoms with van der Waals surface area (Å²) in [5, 5.41) is 11.8. The summed E-state index contributed by atoms with van der Waals surface area (Å²) in [6, 6.07) is 19.4. The molecule has 0 aliphatic carbocycles. The summed E-state index contributed by atoms with van der Waals surface area (Å²) in [5.41, 5.74) is 3.71. The van der Waals surface area contributed by atoms with E-state index in [0.29, 0.717) is 22.5 Å². The van der Waals surface area contributed by atoms with Crippen LogP contribution in [0.25, 0.3) is 0 Å². The van der Waals surface area contributed by atoms with Crippen LogP contribution in [0.4, 0.5) is 21.5 Å². The Bertz CT molecular complexity index is 1160. The van der Waals surface area contributed by atoms with Crippen LogP contribution in [0.3, 0.4) is 0 Å². The van der Waals surface area contributed by atoms with Crippen LogP contribution in [0.15, 0.2) is 77.9 Å². The van der Waals surface area contributed by atoms with Gasteiger partial charge < -0.3 is 10.6 Å². The SMILES string of the molecule is CC1=NN(c2ccc(C(=O)Nc3cccc(C(=O)Nc4cccc(F)c4)c3)cc2)CC1. The summed E-state index contributed by atoms with van der Waals surface area (Å²) in [5.74, 6) is -1.11. The lowest BCUT2D eigenvalue weighted by atomic mass is 10.1. The topological polar surface area (TPSA) is 73.8 Å². The van der Waals surface area contributed by atoms with Crippen molar-refractivity contribution in [2.45, 2.75) is 13.3 Å². The van der Waals surface area contributed by atoms with Gasteiger partial charge >= 0.3 is 0 Å². The highest BCUT2D eigenvalue weighted by atomic mass is 19.1. The Morgan fingerprint density at radius 3 is 2.16 bits per heavy atom. The van der Waals surface area contributed by atoms with E-state index >= 15 is 0 Å². The maximum atomic E-state index is 13.3. The molecule has 0 aromatic heterocycles. The molecule has 7 heteroatoms. The second-order valence-corrected chi connectivity index (χ2v) is 7.25. The number of rotatable bonds is 5. The molecule has 1 aliphatic rings. The summed E-state index contributed by atoms with van der Waals surface area (Å²) in [4.78, 5) is 25.1. The number of amides is 2. The van der Waals surface area contributed by atoms with E-state index in [4.69, 9.17) is 0 Å². The molecule has 2 N–H and O–H groups in total. The third kappa shape index (κ3) is 4.95. The quantitative estimate of drug-likeness (QED) is 0.620. The molecule has 0 saturated heterocycles. The predicted molar refractivity (Wildman–Crippen MR) is 120 cm³/mol.